The van der Waals surface area contributed by atoms with Gasteiger partial charge in [-0.1, -0.05) is 37.1 Å². The molecule has 0 aromatic carbocycles. The van der Waals surface area contributed by atoms with Crippen molar-refractivity contribution in [3.63, 3.8) is 0 Å². The average Bonchev–Trinajstić information content (AvgIpc) is 1.89. The monoisotopic (exact) mass is 124 g/mol. The van der Waals surface area contributed by atoms with Gasteiger partial charge in [0, 0.05) is 0 Å². The predicted molar refractivity (Wildman–Crippen MR) is 43.5 cm³/mol. The van der Waals surface area contributed by atoms with Gasteiger partial charge in [-0.2, -0.15) is 0 Å². The van der Waals surface area contributed by atoms with Crippen molar-refractivity contribution in [2.75, 3.05) is 0 Å². The number of hydrogen-bond acceptors (Lipinski definition) is 0. The Morgan fingerprint density at radius 3 is 2.56 bits per heavy atom. The maximum Gasteiger partial charge on any atom is -0.0350 e. The molecule has 0 unspecified atom stereocenters. The van der Waals surface area contributed by atoms with Gasteiger partial charge >= 0.3 is 0 Å². The predicted octanol–water partition coefficient (Wildman–Crippen LogP) is 3.31. The zero-order chi connectivity index (χ0) is 7.11. The van der Waals surface area contributed by atoms with E-state index in [1.807, 2.05) is 0 Å². The molecule has 0 saturated carbocycles. The van der Waals surface area contributed by atoms with Gasteiger partial charge in [-0.25, -0.2) is 0 Å². The Balaban J connectivity index is 3.45. The van der Waals surface area contributed by atoms with Crippen molar-refractivity contribution in [2.45, 2.75) is 33.6 Å². The SMILES string of the molecule is CC=C(C)/C=C/CCC. The summed E-state index contributed by atoms with van der Waals surface area (Å²) < 4.78 is 0. The van der Waals surface area contributed by atoms with E-state index in [1.165, 1.54) is 18.4 Å². The Morgan fingerprint density at radius 1 is 1.44 bits per heavy atom. The van der Waals surface area contributed by atoms with Gasteiger partial charge in [-0.3, -0.25) is 0 Å². The average molecular weight is 124 g/mol. The van der Waals surface area contributed by atoms with E-state index >= 15 is 0 Å². The number of rotatable bonds is 3. The van der Waals surface area contributed by atoms with Gasteiger partial charge < -0.3 is 0 Å². The van der Waals surface area contributed by atoms with Crippen LogP contribution < -0.4 is 0 Å². The minimum absolute atomic E-state index is 1.20. The van der Waals surface area contributed by atoms with Crippen LogP contribution >= 0.6 is 0 Å². The second-order valence-corrected chi connectivity index (χ2v) is 2.22. The Hall–Kier alpha value is -0.520. The quantitative estimate of drug-likeness (QED) is 0.506. The zero-order valence-electron chi connectivity index (χ0n) is 6.65. The van der Waals surface area contributed by atoms with Crippen molar-refractivity contribution in [3.8, 4) is 0 Å². The summed E-state index contributed by atoms with van der Waals surface area (Å²) in [5.74, 6) is 0. The molecule has 0 nitrogen and oxygen atoms in total. The van der Waals surface area contributed by atoms with Crippen molar-refractivity contribution in [2.24, 2.45) is 0 Å². The molecule has 0 aromatic heterocycles. The summed E-state index contributed by atoms with van der Waals surface area (Å²) in [7, 11) is 0. The highest BCUT2D eigenvalue weighted by atomic mass is 13.8. The van der Waals surface area contributed by atoms with Crippen LogP contribution in [0.4, 0.5) is 0 Å². The van der Waals surface area contributed by atoms with Crippen LogP contribution in [0.3, 0.4) is 0 Å². The Morgan fingerprint density at radius 2 is 2.11 bits per heavy atom. The normalized spacial score (nSPS) is 13.0. The van der Waals surface area contributed by atoms with Crippen LogP contribution in [0.15, 0.2) is 23.8 Å². The molecule has 0 atom stereocenters. The first-order valence-electron chi connectivity index (χ1n) is 3.60. The number of allylic oxidation sites excluding steroid dienone is 4. The van der Waals surface area contributed by atoms with E-state index in [1.54, 1.807) is 0 Å². The van der Waals surface area contributed by atoms with Crippen LogP contribution in [0.5, 0.6) is 0 Å². The first-order chi connectivity index (χ1) is 4.31. The molecule has 52 valence electrons. The number of unbranched alkanes of at least 4 members (excludes halogenated alkanes) is 1. The van der Waals surface area contributed by atoms with Gasteiger partial charge in [0.25, 0.3) is 0 Å². The molecule has 0 aliphatic rings. The Labute approximate surface area is 58.3 Å². The van der Waals surface area contributed by atoms with Gasteiger partial charge in [0.15, 0.2) is 0 Å². The summed E-state index contributed by atoms with van der Waals surface area (Å²) in [6, 6.07) is 0. The molecule has 0 rings (SSSR count). The molecule has 0 aliphatic carbocycles. The molecule has 0 bridgehead atoms. The topological polar surface area (TPSA) is 0 Å². The standard InChI is InChI=1S/C9H16/c1-4-6-7-8-9(3)5-2/h5,7-8H,4,6H2,1-3H3/b8-7+,9-5?. The van der Waals surface area contributed by atoms with Crippen molar-refractivity contribution in [1.82, 2.24) is 0 Å². The lowest BCUT2D eigenvalue weighted by molar-refractivity contribution is 0.957. The lowest BCUT2D eigenvalue weighted by Gasteiger charge is -1.86. The van der Waals surface area contributed by atoms with Gasteiger partial charge in [-0.05, 0) is 20.3 Å². The second kappa shape index (κ2) is 5.61. The maximum absolute atomic E-state index is 2.22. The first-order valence-corrected chi connectivity index (χ1v) is 3.60. The Bertz CT molecular complexity index is 107. The molecule has 0 saturated heterocycles. The molecule has 0 amide bonds. The summed E-state index contributed by atoms with van der Waals surface area (Å²) in [5.41, 5.74) is 1.35. The van der Waals surface area contributed by atoms with Crippen molar-refractivity contribution >= 4 is 0 Å². The van der Waals surface area contributed by atoms with Crippen LogP contribution in [0.2, 0.25) is 0 Å². The summed E-state index contributed by atoms with van der Waals surface area (Å²) >= 11 is 0. The van der Waals surface area contributed by atoms with E-state index < -0.39 is 0 Å². The fourth-order valence-electron chi connectivity index (χ4n) is 0.532. The second-order valence-electron chi connectivity index (χ2n) is 2.22. The molecule has 9 heavy (non-hydrogen) atoms. The first kappa shape index (κ1) is 8.48. The molecule has 0 spiro atoms. The fourth-order valence-corrected chi connectivity index (χ4v) is 0.532. The summed E-state index contributed by atoms with van der Waals surface area (Å²) in [6.07, 6.45) is 8.95. The molecule has 0 fully saturated rings. The third-order valence-electron chi connectivity index (χ3n) is 1.29. The fraction of sp³-hybridized carbons (Fsp3) is 0.556. The maximum atomic E-state index is 2.22. The third-order valence-corrected chi connectivity index (χ3v) is 1.29. The van der Waals surface area contributed by atoms with Crippen LogP contribution in [-0.4, -0.2) is 0 Å². The van der Waals surface area contributed by atoms with E-state index in [4.69, 9.17) is 0 Å². The highest BCUT2D eigenvalue weighted by Gasteiger charge is 1.75. The van der Waals surface area contributed by atoms with Crippen molar-refractivity contribution < 1.29 is 0 Å². The van der Waals surface area contributed by atoms with E-state index in [0.717, 1.165) is 0 Å². The van der Waals surface area contributed by atoms with Gasteiger partial charge in [0.1, 0.15) is 0 Å². The van der Waals surface area contributed by atoms with Crippen LogP contribution in [0, 0.1) is 0 Å². The van der Waals surface area contributed by atoms with Crippen LogP contribution in [-0.2, 0) is 0 Å². The summed E-state index contributed by atoms with van der Waals surface area (Å²) in [4.78, 5) is 0. The van der Waals surface area contributed by atoms with Crippen LogP contribution in [0.25, 0.3) is 0 Å². The Kier molecular flexibility index (Phi) is 5.29. The molecule has 0 heterocycles. The largest absolute Gasteiger partial charge is 0.0847 e. The van der Waals surface area contributed by atoms with Crippen molar-refractivity contribution in [3.05, 3.63) is 23.8 Å². The van der Waals surface area contributed by atoms with E-state index in [2.05, 4.69) is 39.0 Å². The molecular weight excluding hydrogens is 108 g/mol. The van der Waals surface area contributed by atoms with E-state index in [-0.39, 0.29) is 0 Å². The highest BCUT2D eigenvalue weighted by molar-refractivity contribution is 5.14. The molecule has 0 aromatic rings. The zero-order valence-corrected chi connectivity index (χ0v) is 6.65. The smallest absolute Gasteiger partial charge is 0.0350 e. The molecule has 0 radical (unpaired) electrons. The molecule has 0 N–H and O–H groups in total. The van der Waals surface area contributed by atoms with Crippen molar-refractivity contribution in [1.29, 1.82) is 0 Å². The molecule has 0 aliphatic heterocycles. The van der Waals surface area contributed by atoms with Gasteiger partial charge in [0.2, 0.25) is 0 Å². The highest BCUT2D eigenvalue weighted by Crippen LogP contribution is 1.96. The minimum Gasteiger partial charge on any atom is -0.0847 e. The van der Waals surface area contributed by atoms with Crippen LogP contribution in [0.1, 0.15) is 33.6 Å². The van der Waals surface area contributed by atoms with E-state index in [0.29, 0.717) is 0 Å². The molecule has 0 heteroatoms. The van der Waals surface area contributed by atoms with E-state index in [9.17, 15) is 0 Å². The number of hydrogen-bond donors (Lipinski definition) is 0. The summed E-state index contributed by atoms with van der Waals surface area (Å²) in [6.45, 7) is 6.37. The van der Waals surface area contributed by atoms with Gasteiger partial charge in [0.05, 0.1) is 0 Å². The van der Waals surface area contributed by atoms with Gasteiger partial charge in [-0.15, -0.1) is 0 Å². The minimum atomic E-state index is 1.20. The lowest BCUT2D eigenvalue weighted by Crippen LogP contribution is -1.65. The molecular formula is C9H16. The third kappa shape index (κ3) is 5.35. The summed E-state index contributed by atoms with van der Waals surface area (Å²) in [5, 5.41) is 0. The lowest BCUT2D eigenvalue weighted by atomic mass is 10.2.